The molecule has 1 aliphatic heterocycles. The molecule has 9 heteroatoms. The van der Waals surface area contributed by atoms with Crippen LogP contribution in [0.2, 0.25) is 0 Å². The molecule has 1 aliphatic rings. The fourth-order valence-electron chi connectivity index (χ4n) is 3.17. The summed E-state index contributed by atoms with van der Waals surface area (Å²) in [5.41, 5.74) is 1.45. The number of methoxy groups -OCH3 is 1. The number of hydrogen-bond acceptors (Lipinski definition) is 6. The largest absolute Gasteiger partial charge is 0.496 e. The topological polar surface area (TPSA) is 102 Å². The van der Waals surface area contributed by atoms with E-state index in [2.05, 4.69) is 5.32 Å². The molecule has 3 rings (SSSR count). The predicted molar refractivity (Wildman–Crippen MR) is 111 cm³/mol. The molecule has 0 unspecified atom stereocenters. The molecule has 0 atom stereocenters. The number of nitrogens with zero attached hydrogens (tertiary/aromatic N) is 1. The molecule has 0 radical (unpaired) electrons. The molecular weight excluding hydrogens is 408 g/mol. The zero-order valence-electron chi connectivity index (χ0n) is 16.9. The number of nitrogens with one attached hydrogen (secondary N) is 1. The van der Waals surface area contributed by atoms with Crippen molar-refractivity contribution in [3.63, 3.8) is 0 Å². The van der Waals surface area contributed by atoms with Crippen LogP contribution in [0, 0.1) is 6.92 Å². The number of anilines is 1. The Labute approximate surface area is 175 Å². The number of benzene rings is 2. The summed E-state index contributed by atoms with van der Waals surface area (Å²) >= 11 is 0. The lowest BCUT2D eigenvalue weighted by Crippen LogP contribution is -2.28. The summed E-state index contributed by atoms with van der Waals surface area (Å²) in [5.74, 6) is -0.683. The third kappa shape index (κ3) is 4.98. The molecule has 0 aliphatic carbocycles. The number of hydrogen-bond donors (Lipinski definition) is 1. The normalized spacial score (nSPS) is 14.3. The van der Waals surface area contributed by atoms with Crippen LogP contribution in [0.4, 0.5) is 5.69 Å². The van der Waals surface area contributed by atoms with Crippen LogP contribution < -0.4 is 10.1 Å². The molecule has 1 heterocycles. The van der Waals surface area contributed by atoms with Crippen LogP contribution in [0.1, 0.15) is 28.8 Å². The number of rotatable bonds is 7. The van der Waals surface area contributed by atoms with Crippen LogP contribution >= 0.6 is 0 Å². The van der Waals surface area contributed by atoms with E-state index < -0.39 is 28.5 Å². The van der Waals surface area contributed by atoms with E-state index in [4.69, 9.17) is 9.47 Å². The van der Waals surface area contributed by atoms with Crippen LogP contribution in [0.25, 0.3) is 0 Å². The van der Waals surface area contributed by atoms with E-state index in [0.29, 0.717) is 24.5 Å². The summed E-state index contributed by atoms with van der Waals surface area (Å²) in [6.07, 6.45) is 1.68. The van der Waals surface area contributed by atoms with Crippen LogP contribution in [-0.2, 0) is 19.6 Å². The zero-order valence-corrected chi connectivity index (χ0v) is 17.7. The van der Waals surface area contributed by atoms with Crippen LogP contribution in [-0.4, -0.2) is 51.4 Å². The second-order valence-electron chi connectivity index (χ2n) is 6.95. The van der Waals surface area contributed by atoms with Gasteiger partial charge >= 0.3 is 5.97 Å². The summed E-state index contributed by atoms with van der Waals surface area (Å²) < 4.78 is 37.0. The average molecular weight is 432 g/mol. The third-order valence-electron chi connectivity index (χ3n) is 4.80. The molecule has 0 spiro atoms. The van der Waals surface area contributed by atoms with Gasteiger partial charge in [-0.05, 0) is 55.7 Å². The number of esters is 1. The van der Waals surface area contributed by atoms with Crippen molar-refractivity contribution in [2.45, 2.75) is 24.7 Å². The first kappa shape index (κ1) is 21.8. The lowest BCUT2D eigenvalue weighted by Gasteiger charge is -2.16. The minimum absolute atomic E-state index is 0.117. The maximum atomic E-state index is 12.7. The van der Waals surface area contributed by atoms with Crippen molar-refractivity contribution in [3.8, 4) is 5.75 Å². The Bertz CT molecular complexity index is 1050. The highest BCUT2D eigenvalue weighted by molar-refractivity contribution is 7.89. The summed E-state index contributed by atoms with van der Waals surface area (Å²) in [6, 6.07) is 10.9. The smallest absolute Gasteiger partial charge is 0.338 e. The lowest BCUT2D eigenvalue weighted by molar-refractivity contribution is -0.119. The molecule has 1 N–H and O–H groups in total. The molecule has 30 heavy (non-hydrogen) atoms. The van der Waals surface area contributed by atoms with Crippen molar-refractivity contribution in [2.75, 3.05) is 32.1 Å². The summed E-state index contributed by atoms with van der Waals surface area (Å²) in [4.78, 5) is 24.5. The van der Waals surface area contributed by atoms with Gasteiger partial charge in [-0.3, -0.25) is 4.79 Å². The van der Waals surface area contributed by atoms with E-state index in [9.17, 15) is 18.0 Å². The van der Waals surface area contributed by atoms with Crippen molar-refractivity contribution >= 4 is 27.6 Å². The Morgan fingerprint density at radius 3 is 2.53 bits per heavy atom. The van der Waals surface area contributed by atoms with E-state index >= 15 is 0 Å². The standard InChI is InChI=1S/C21H24N2O6S/c1-15-8-9-16(12-19(15)28-2)21(25)29-14-20(24)22-17-6-5-7-18(13-17)30(26,27)23-10-3-4-11-23/h5-9,12-13H,3-4,10-11,14H2,1-2H3,(H,22,24). The lowest BCUT2D eigenvalue weighted by atomic mass is 10.1. The maximum absolute atomic E-state index is 12.7. The van der Waals surface area contributed by atoms with Crippen LogP contribution in [0.15, 0.2) is 47.4 Å². The van der Waals surface area contributed by atoms with E-state index in [-0.39, 0.29) is 10.5 Å². The van der Waals surface area contributed by atoms with Gasteiger partial charge in [0, 0.05) is 18.8 Å². The molecule has 1 saturated heterocycles. The molecule has 0 aromatic heterocycles. The van der Waals surface area contributed by atoms with Crippen LogP contribution in [0.5, 0.6) is 5.75 Å². The molecule has 160 valence electrons. The Morgan fingerprint density at radius 1 is 1.10 bits per heavy atom. The minimum atomic E-state index is -3.58. The van der Waals surface area contributed by atoms with Crippen molar-refractivity contribution in [3.05, 3.63) is 53.6 Å². The predicted octanol–water partition coefficient (Wildman–Crippen LogP) is 2.58. The first-order valence-corrected chi connectivity index (χ1v) is 11.0. The average Bonchev–Trinajstić information content (AvgIpc) is 3.28. The van der Waals surface area contributed by atoms with Crippen molar-refractivity contribution in [1.82, 2.24) is 4.31 Å². The Balaban J connectivity index is 1.61. The van der Waals surface area contributed by atoms with E-state index in [1.54, 1.807) is 30.3 Å². The van der Waals surface area contributed by atoms with Crippen molar-refractivity contribution < 1.29 is 27.5 Å². The molecule has 0 bridgehead atoms. The van der Waals surface area contributed by atoms with Gasteiger partial charge in [0.05, 0.1) is 17.6 Å². The summed E-state index contributed by atoms with van der Waals surface area (Å²) in [6.45, 7) is 2.34. The molecular formula is C21H24N2O6S. The van der Waals surface area contributed by atoms with Gasteiger partial charge in [0.25, 0.3) is 5.91 Å². The quantitative estimate of drug-likeness (QED) is 0.675. The number of sulfonamides is 1. The van der Waals surface area contributed by atoms with Gasteiger partial charge in [-0.2, -0.15) is 4.31 Å². The highest BCUT2D eigenvalue weighted by atomic mass is 32.2. The zero-order chi connectivity index (χ0) is 21.7. The third-order valence-corrected chi connectivity index (χ3v) is 6.69. The number of carbonyl (C=O) groups excluding carboxylic acids is 2. The molecule has 0 saturated carbocycles. The Hall–Kier alpha value is -2.91. The van der Waals surface area contributed by atoms with Gasteiger partial charge in [0.15, 0.2) is 6.61 Å². The van der Waals surface area contributed by atoms with Gasteiger partial charge in [0.1, 0.15) is 5.75 Å². The first-order valence-electron chi connectivity index (χ1n) is 9.53. The van der Waals surface area contributed by atoms with Gasteiger partial charge in [-0.1, -0.05) is 12.1 Å². The number of ether oxygens (including phenoxy) is 2. The Kier molecular flexibility index (Phi) is 6.73. The van der Waals surface area contributed by atoms with Gasteiger partial charge in [-0.25, -0.2) is 13.2 Å². The SMILES string of the molecule is COc1cc(C(=O)OCC(=O)Nc2cccc(S(=O)(=O)N3CCCC3)c2)ccc1C. The van der Waals surface area contributed by atoms with Crippen molar-refractivity contribution in [2.24, 2.45) is 0 Å². The Morgan fingerprint density at radius 2 is 1.83 bits per heavy atom. The maximum Gasteiger partial charge on any atom is 0.338 e. The van der Waals surface area contributed by atoms with E-state index in [0.717, 1.165) is 18.4 Å². The first-order chi connectivity index (χ1) is 14.3. The molecule has 2 aromatic rings. The van der Waals surface area contributed by atoms with E-state index in [1.165, 1.54) is 23.5 Å². The molecule has 2 aromatic carbocycles. The highest BCUT2D eigenvalue weighted by Gasteiger charge is 2.27. The minimum Gasteiger partial charge on any atom is -0.496 e. The van der Waals surface area contributed by atoms with Crippen LogP contribution in [0.3, 0.4) is 0 Å². The fraction of sp³-hybridized carbons (Fsp3) is 0.333. The van der Waals surface area contributed by atoms with E-state index in [1.807, 2.05) is 6.92 Å². The monoisotopic (exact) mass is 432 g/mol. The number of carbonyl (C=O) groups is 2. The van der Waals surface area contributed by atoms with Crippen molar-refractivity contribution in [1.29, 1.82) is 0 Å². The second-order valence-corrected chi connectivity index (χ2v) is 8.89. The second kappa shape index (κ2) is 9.27. The fourth-order valence-corrected chi connectivity index (χ4v) is 4.73. The van der Waals surface area contributed by atoms with Gasteiger partial charge in [0.2, 0.25) is 10.0 Å². The molecule has 1 fully saturated rings. The van der Waals surface area contributed by atoms with Gasteiger partial charge in [-0.15, -0.1) is 0 Å². The summed E-state index contributed by atoms with van der Waals surface area (Å²) in [7, 11) is -2.08. The molecule has 1 amide bonds. The number of aryl methyl sites for hydroxylation is 1. The molecule has 8 nitrogen and oxygen atoms in total. The number of amides is 1. The highest BCUT2D eigenvalue weighted by Crippen LogP contribution is 2.23. The van der Waals surface area contributed by atoms with Gasteiger partial charge < -0.3 is 14.8 Å². The summed E-state index contributed by atoms with van der Waals surface area (Å²) in [5, 5.41) is 2.56.